The molecular weight excluding hydrogens is 537 g/mol. The summed E-state index contributed by atoms with van der Waals surface area (Å²) in [7, 11) is -1.75. The Hall–Kier alpha value is -2.95. The van der Waals surface area contributed by atoms with Crippen molar-refractivity contribution in [2.24, 2.45) is 0 Å². The van der Waals surface area contributed by atoms with Gasteiger partial charge in [-0.15, -0.1) is 0 Å². The first-order valence-corrected chi connectivity index (χ1v) is 14.5. The summed E-state index contributed by atoms with van der Waals surface area (Å²) in [5.41, 5.74) is 2.62. The van der Waals surface area contributed by atoms with Crippen LogP contribution in [0.15, 0.2) is 91.0 Å². The molecule has 214 valence electrons. The summed E-state index contributed by atoms with van der Waals surface area (Å²) < 4.78 is 48.5. The molecule has 0 spiro atoms. The molecule has 10 nitrogen and oxygen atoms in total. The van der Waals surface area contributed by atoms with E-state index < -0.39 is 42.7 Å². The summed E-state index contributed by atoms with van der Waals surface area (Å²) in [6.45, 7) is 0.483. The van der Waals surface area contributed by atoms with E-state index in [0.717, 1.165) is 16.7 Å². The van der Waals surface area contributed by atoms with E-state index in [-0.39, 0.29) is 26.4 Å². The first-order chi connectivity index (χ1) is 19.4. The van der Waals surface area contributed by atoms with Crippen molar-refractivity contribution in [3.05, 3.63) is 118 Å². The predicted molar refractivity (Wildman–Crippen MR) is 147 cm³/mol. The minimum absolute atomic E-state index is 0.00604. The maximum atomic E-state index is 13.6. The molecule has 0 aliphatic carbocycles. The molecule has 1 fully saturated rings. The fraction of sp³-hybridized carbons (Fsp3) is 0.379. The highest BCUT2D eigenvalue weighted by Gasteiger charge is 2.61. The molecule has 0 saturated carbocycles. The number of ether oxygens (including phenoxy) is 4. The van der Waals surface area contributed by atoms with Crippen LogP contribution in [0.1, 0.15) is 16.7 Å². The van der Waals surface area contributed by atoms with Gasteiger partial charge >= 0.3 is 7.60 Å². The number of benzene rings is 3. The van der Waals surface area contributed by atoms with Crippen molar-refractivity contribution in [2.75, 3.05) is 20.8 Å². The van der Waals surface area contributed by atoms with Gasteiger partial charge < -0.3 is 28.0 Å². The van der Waals surface area contributed by atoms with Crippen molar-refractivity contribution in [1.82, 2.24) is 0 Å². The molecule has 5 atom stereocenters. The second kappa shape index (κ2) is 14.6. The van der Waals surface area contributed by atoms with Gasteiger partial charge in [-0.05, 0) is 16.7 Å². The molecule has 1 heterocycles. The van der Waals surface area contributed by atoms with Gasteiger partial charge in [0.25, 0.3) is 6.04 Å². The fourth-order valence-corrected chi connectivity index (χ4v) is 6.13. The highest BCUT2D eigenvalue weighted by Crippen LogP contribution is 2.56. The topological polar surface area (TPSA) is 116 Å². The van der Waals surface area contributed by atoms with E-state index >= 15 is 0 Å². The lowest BCUT2D eigenvalue weighted by molar-refractivity contribution is -0.556. The van der Waals surface area contributed by atoms with Crippen LogP contribution in [-0.4, -0.2) is 55.9 Å². The summed E-state index contributed by atoms with van der Waals surface area (Å²) in [6, 6.07) is 26.7. The molecule has 11 heteroatoms. The average Bonchev–Trinajstić information content (AvgIpc) is 3.00. The van der Waals surface area contributed by atoms with Gasteiger partial charge in [0.15, 0.2) is 6.10 Å². The van der Waals surface area contributed by atoms with Gasteiger partial charge in [-0.1, -0.05) is 91.0 Å². The number of hydrogen-bond acceptors (Lipinski definition) is 9. The predicted octanol–water partition coefficient (Wildman–Crippen LogP) is 5.23. The zero-order valence-corrected chi connectivity index (χ0v) is 23.3. The standard InChI is InChI=1S/C29H34NO9P/c1-34-40(33,35-2)29-26(30(31)32)28(38-20-24-16-10-5-11-17-24)27(37-19-23-14-8-4-9-15-23)25(39-29)21-36-18-22-12-6-3-7-13-22/h3-17,25-29H,18-21H2,1-2H3/t25-,26-,27-,28-,29+/m1/s1. The Bertz CT molecular complexity index is 1220. The van der Waals surface area contributed by atoms with Crippen LogP contribution in [0.2, 0.25) is 0 Å². The van der Waals surface area contributed by atoms with Gasteiger partial charge in [-0.25, -0.2) is 0 Å². The lowest BCUT2D eigenvalue weighted by Crippen LogP contribution is -2.62. The van der Waals surface area contributed by atoms with Crippen molar-refractivity contribution in [3.8, 4) is 0 Å². The second-order valence-corrected chi connectivity index (χ2v) is 11.6. The average molecular weight is 572 g/mol. The van der Waals surface area contributed by atoms with Gasteiger partial charge in [-0.3, -0.25) is 14.7 Å². The Morgan fingerprint density at radius 2 is 1.20 bits per heavy atom. The van der Waals surface area contributed by atoms with E-state index in [4.69, 9.17) is 28.0 Å². The largest absolute Gasteiger partial charge is 0.374 e. The van der Waals surface area contributed by atoms with Crippen LogP contribution in [0.25, 0.3) is 0 Å². The highest BCUT2D eigenvalue weighted by molar-refractivity contribution is 7.54. The lowest BCUT2D eigenvalue weighted by Gasteiger charge is -2.43. The molecule has 1 aliphatic rings. The lowest BCUT2D eigenvalue weighted by atomic mass is 9.97. The van der Waals surface area contributed by atoms with Crippen LogP contribution in [-0.2, 0) is 52.4 Å². The number of nitrogens with zero attached hydrogens (tertiary/aromatic N) is 1. The summed E-state index contributed by atoms with van der Waals surface area (Å²) in [6.07, 6.45) is -2.98. The molecule has 0 radical (unpaired) electrons. The van der Waals surface area contributed by atoms with Crippen molar-refractivity contribution in [1.29, 1.82) is 0 Å². The fourth-order valence-electron chi connectivity index (χ4n) is 4.60. The third-order valence-corrected chi connectivity index (χ3v) is 8.73. The first-order valence-electron chi connectivity index (χ1n) is 12.9. The Kier molecular flexibility index (Phi) is 11.0. The zero-order chi connectivity index (χ0) is 28.4. The molecule has 4 rings (SSSR count). The number of hydrogen-bond donors (Lipinski definition) is 0. The molecule has 0 bridgehead atoms. The minimum Gasteiger partial charge on any atom is -0.374 e. The van der Waals surface area contributed by atoms with E-state index in [0.29, 0.717) is 0 Å². The van der Waals surface area contributed by atoms with Gasteiger partial charge in [-0.2, -0.15) is 0 Å². The van der Waals surface area contributed by atoms with Crippen LogP contribution in [0.3, 0.4) is 0 Å². The van der Waals surface area contributed by atoms with Crippen molar-refractivity contribution >= 4 is 7.60 Å². The maximum Gasteiger partial charge on any atom is 0.365 e. The molecule has 3 aromatic rings. The molecule has 0 N–H and O–H groups in total. The van der Waals surface area contributed by atoms with Crippen LogP contribution in [0, 0.1) is 10.1 Å². The maximum absolute atomic E-state index is 13.6. The van der Waals surface area contributed by atoms with Gasteiger partial charge in [0.05, 0.1) is 26.4 Å². The van der Waals surface area contributed by atoms with E-state index in [9.17, 15) is 14.7 Å². The molecule has 3 aromatic carbocycles. The third-order valence-electron chi connectivity index (χ3n) is 6.66. The molecular formula is C29H34NO9P. The molecule has 1 aliphatic heterocycles. The van der Waals surface area contributed by atoms with E-state index in [1.54, 1.807) is 0 Å². The Morgan fingerprint density at radius 3 is 1.65 bits per heavy atom. The van der Waals surface area contributed by atoms with Gasteiger partial charge in [0.1, 0.15) is 12.2 Å². The summed E-state index contributed by atoms with van der Waals surface area (Å²) in [5, 5.41) is 12.5. The Labute approximate surface area is 233 Å². The number of rotatable bonds is 14. The third kappa shape index (κ3) is 7.62. The summed E-state index contributed by atoms with van der Waals surface area (Å²) in [4.78, 5) is 12.0. The SMILES string of the molecule is COP(=O)(OC)[C@@H]1O[C@H](COCc2ccccc2)[C@@H](OCc2ccccc2)[C@H](OCc2ccccc2)[C@H]1[N+](=O)[O-]. The van der Waals surface area contributed by atoms with E-state index in [2.05, 4.69) is 0 Å². The van der Waals surface area contributed by atoms with Gasteiger partial charge in [0, 0.05) is 19.1 Å². The monoisotopic (exact) mass is 571 g/mol. The van der Waals surface area contributed by atoms with E-state index in [1.165, 1.54) is 14.2 Å². The van der Waals surface area contributed by atoms with Crippen LogP contribution >= 0.6 is 7.60 Å². The highest BCUT2D eigenvalue weighted by atomic mass is 31.2. The summed E-state index contributed by atoms with van der Waals surface area (Å²) in [5.74, 6) is -1.56. The van der Waals surface area contributed by atoms with Crippen LogP contribution in [0.5, 0.6) is 0 Å². The first kappa shape index (κ1) is 30.0. The molecule has 40 heavy (non-hydrogen) atoms. The van der Waals surface area contributed by atoms with Crippen LogP contribution in [0.4, 0.5) is 0 Å². The molecule has 0 unspecified atom stereocenters. The minimum atomic E-state index is -4.09. The Morgan fingerprint density at radius 1 is 0.750 bits per heavy atom. The Balaban J connectivity index is 1.66. The zero-order valence-electron chi connectivity index (χ0n) is 22.4. The van der Waals surface area contributed by atoms with Gasteiger partial charge in [0.2, 0.25) is 5.85 Å². The van der Waals surface area contributed by atoms with Crippen LogP contribution < -0.4 is 0 Å². The smallest absolute Gasteiger partial charge is 0.365 e. The summed E-state index contributed by atoms with van der Waals surface area (Å²) >= 11 is 0. The van der Waals surface area contributed by atoms with Crippen molar-refractivity contribution in [3.63, 3.8) is 0 Å². The second-order valence-electron chi connectivity index (χ2n) is 9.27. The molecule has 1 saturated heterocycles. The normalized spacial score (nSPS) is 23.1. The molecule has 0 aromatic heterocycles. The van der Waals surface area contributed by atoms with Crippen molar-refractivity contribution < 1.29 is 37.5 Å². The van der Waals surface area contributed by atoms with Crippen molar-refractivity contribution in [2.45, 2.75) is 50.0 Å². The quantitative estimate of drug-likeness (QED) is 0.146. The molecule has 0 amide bonds. The van der Waals surface area contributed by atoms with E-state index in [1.807, 2.05) is 91.0 Å². The number of nitro groups is 1.